The Labute approximate surface area is 204 Å². The van der Waals surface area contributed by atoms with E-state index in [0.29, 0.717) is 28.6 Å². The van der Waals surface area contributed by atoms with Crippen molar-refractivity contribution < 1.29 is 23.5 Å². The van der Waals surface area contributed by atoms with Gasteiger partial charge in [-0.1, -0.05) is 12.1 Å². The zero-order valence-corrected chi connectivity index (χ0v) is 21.1. The normalized spacial score (nSPS) is 14.4. The van der Waals surface area contributed by atoms with Crippen LogP contribution in [0.3, 0.4) is 0 Å². The average Bonchev–Trinajstić information content (AvgIpc) is 3.32. The van der Waals surface area contributed by atoms with E-state index in [1.165, 1.54) is 6.07 Å². The molecule has 2 aromatic carbocycles. The molecule has 7 heteroatoms. The number of allylic oxidation sites excluding steroid dienone is 2. The molecule has 0 atom stereocenters. The molecule has 3 aromatic rings. The maximum Gasteiger partial charge on any atom is 0.338 e. The standard InChI is InChI=1S/C28H31FN2O4/c1-7-34-26(32)22-15-23-24(30-16(2)31(23)6)25(35-27(33)28(3,4)5)21(22)12-10-17-8-9-18-14-19(29)11-13-20(17)18/h10-11,13-15H,7-9,12H2,1-6H3. The summed E-state index contributed by atoms with van der Waals surface area (Å²) in [4.78, 5) is 30.7. The number of fused-ring (bicyclic) bond motifs is 2. The minimum absolute atomic E-state index is 0.220. The summed E-state index contributed by atoms with van der Waals surface area (Å²) in [5.74, 6) is -0.141. The van der Waals surface area contributed by atoms with Crippen LogP contribution in [0.25, 0.3) is 16.6 Å². The molecule has 0 fully saturated rings. The monoisotopic (exact) mass is 478 g/mol. The molecule has 6 nitrogen and oxygen atoms in total. The van der Waals surface area contributed by atoms with Gasteiger partial charge >= 0.3 is 11.9 Å². The molecule has 0 bridgehead atoms. The number of esters is 2. The molecule has 0 radical (unpaired) electrons. The molecular weight excluding hydrogens is 447 g/mol. The first kappa shape index (κ1) is 24.6. The van der Waals surface area contributed by atoms with Crippen molar-refractivity contribution in [3.63, 3.8) is 0 Å². The fourth-order valence-corrected chi connectivity index (χ4v) is 4.32. The van der Waals surface area contributed by atoms with Crippen molar-refractivity contribution in [3.8, 4) is 5.75 Å². The molecule has 35 heavy (non-hydrogen) atoms. The quantitative estimate of drug-likeness (QED) is 0.346. The number of carbonyl (C=O) groups excluding carboxylic acids is 2. The van der Waals surface area contributed by atoms with E-state index in [4.69, 9.17) is 9.47 Å². The van der Waals surface area contributed by atoms with Crippen molar-refractivity contribution in [2.75, 3.05) is 6.61 Å². The summed E-state index contributed by atoms with van der Waals surface area (Å²) < 4.78 is 26.9. The number of aryl methyl sites for hydroxylation is 3. The first-order chi connectivity index (χ1) is 16.5. The van der Waals surface area contributed by atoms with Gasteiger partial charge in [-0.25, -0.2) is 14.2 Å². The number of benzene rings is 2. The lowest BCUT2D eigenvalue weighted by Gasteiger charge is -2.20. The van der Waals surface area contributed by atoms with E-state index in [1.54, 1.807) is 45.9 Å². The van der Waals surface area contributed by atoms with Crippen molar-refractivity contribution >= 4 is 28.5 Å². The third-order valence-corrected chi connectivity index (χ3v) is 6.39. The van der Waals surface area contributed by atoms with Crippen LogP contribution < -0.4 is 4.74 Å². The van der Waals surface area contributed by atoms with Crippen LogP contribution in [0.4, 0.5) is 4.39 Å². The Bertz CT molecular complexity index is 1360. The van der Waals surface area contributed by atoms with Gasteiger partial charge in [0.25, 0.3) is 0 Å². The van der Waals surface area contributed by atoms with E-state index >= 15 is 0 Å². The van der Waals surface area contributed by atoms with Gasteiger partial charge in [-0.15, -0.1) is 0 Å². The number of rotatable bonds is 5. The van der Waals surface area contributed by atoms with Gasteiger partial charge in [-0.05, 0) is 88.8 Å². The van der Waals surface area contributed by atoms with Crippen LogP contribution in [-0.4, -0.2) is 28.1 Å². The van der Waals surface area contributed by atoms with Crippen molar-refractivity contribution in [2.24, 2.45) is 12.5 Å². The van der Waals surface area contributed by atoms with E-state index in [0.717, 1.165) is 35.4 Å². The van der Waals surface area contributed by atoms with Crippen LogP contribution in [0.1, 0.15) is 67.0 Å². The minimum Gasteiger partial charge on any atom is -0.462 e. The lowest BCUT2D eigenvalue weighted by molar-refractivity contribution is -0.142. The molecule has 184 valence electrons. The summed E-state index contributed by atoms with van der Waals surface area (Å²) in [5.41, 5.74) is 4.39. The maximum absolute atomic E-state index is 13.7. The molecule has 0 N–H and O–H groups in total. The number of nitrogens with zero attached hydrogens (tertiary/aromatic N) is 2. The maximum atomic E-state index is 13.7. The third kappa shape index (κ3) is 4.72. The number of aromatic nitrogens is 2. The van der Waals surface area contributed by atoms with Gasteiger partial charge in [0.2, 0.25) is 0 Å². The highest BCUT2D eigenvalue weighted by Crippen LogP contribution is 2.38. The Kier molecular flexibility index (Phi) is 6.54. The topological polar surface area (TPSA) is 70.4 Å². The molecule has 0 aliphatic heterocycles. The number of hydrogen-bond donors (Lipinski definition) is 0. The summed E-state index contributed by atoms with van der Waals surface area (Å²) in [7, 11) is 1.85. The van der Waals surface area contributed by atoms with E-state index in [1.807, 2.05) is 24.6 Å². The van der Waals surface area contributed by atoms with Gasteiger partial charge in [0.1, 0.15) is 17.2 Å². The highest BCUT2D eigenvalue weighted by atomic mass is 19.1. The number of imidazole rings is 1. The fraction of sp³-hybridized carbons (Fsp3) is 0.393. The number of carbonyl (C=O) groups is 2. The van der Waals surface area contributed by atoms with Crippen LogP contribution >= 0.6 is 0 Å². The van der Waals surface area contributed by atoms with Gasteiger partial charge in [-0.2, -0.15) is 0 Å². The van der Waals surface area contributed by atoms with Crippen LogP contribution in [0.5, 0.6) is 5.75 Å². The lowest BCUT2D eigenvalue weighted by Crippen LogP contribution is -2.26. The Morgan fingerprint density at radius 2 is 1.94 bits per heavy atom. The van der Waals surface area contributed by atoms with E-state index in [-0.39, 0.29) is 18.2 Å². The highest BCUT2D eigenvalue weighted by Gasteiger charge is 2.29. The van der Waals surface area contributed by atoms with Gasteiger partial charge in [0.15, 0.2) is 5.75 Å². The SMILES string of the molecule is CCOC(=O)c1cc2c(nc(C)n2C)c(OC(=O)C(C)(C)C)c1CC=C1CCc2cc(F)ccc21. The molecule has 0 amide bonds. The molecule has 0 saturated heterocycles. The molecule has 0 spiro atoms. The van der Waals surface area contributed by atoms with Gasteiger partial charge in [-0.3, -0.25) is 4.79 Å². The predicted molar refractivity (Wildman–Crippen MR) is 133 cm³/mol. The first-order valence-corrected chi connectivity index (χ1v) is 11.9. The molecule has 0 unspecified atom stereocenters. The van der Waals surface area contributed by atoms with Gasteiger partial charge < -0.3 is 14.0 Å². The Hall–Kier alpha value is -3.48. The number of hydrogen-bond acceptors (Lipinski definition) is 5. The highest BCUT2D eigenvalue weighted by molar-refractivity contribution is 6.00. The van der Waals surface area contributed by atoms with Crippen molar-refractivity contribution in [1.29, 1.82) is 0 Å². The van der Waals surface area contributed by atoms with Gasteiger partial charge in [0.05, 0.1) is 23.1 Å². The smallest absolute Gasteiger partial charge is 0.338 e. The second-order valence-corrected chi connectivity index (χ2v) is 9.91. The summed E-state index contributed by atoms with van der Waals surface area (Å²) >= 11 is 0. The van der Waals surface area contributed by atoms with Gasteiger partial charge in [0, 0.05) is 12.6 Å². The first-order valence-electron chi connectivity index (χ1n) is 11.9. The summed E-state index contributed by atoms with van der Waals surface area (Å²) in [5, 5.41) is 0. The van der Waals surface area contributed by atoms with Crippen LogP contribution in [0.15, 0.2) is 30.3 Å². The second-order valence-electron chi connectivity index (χ2n) is 9.91. The van der Waals surface area contributed by atoms with Crippen LogP contribution in [0, 0.1) is 18.2 Å². The van der Waals surface area contributed by atoms with Crippen LogP contribution in [0.2, 0.25) is 0 Å². The summed E-state index contributed by atoms with van der Waals surface area (Å²) in [6.07, 6.45) is 3.89. The molecule has 4 rings (SSSR count). The minimum atomic E-state index is -0.750. The zero-order chi connectivity index (χ0) is 25.5. The van der Waals surface area contributed by atoms with Crippen LogP contribution in [-0.2, 0) is 29.4 Å². The fourth-order valence-electron chi connectivity index (χ4n) is 4.32. The van der Waals surface area contributed by atoms with Crippen molar-refractivity contribution in [3.05, 3.63) is 64.2 Å². The summed E-state index contributed by atoms with van der Waals surface area (Å²) in [6, 6.07) is 6.58. The Morgan fingerprint density at radius 1 is 1.20 bits per heavy atom. The van der Waals surface area contributed by atoms with Crippen molar-refractivity contribution in [1.82, 2.24) is 9.55 Å². The number of ether oxygens (including phenoxy) is 2. The molecule has 1 heterocycles. The third-order valence-electron chi connectivity index (χ3n) is 6.39. The molecular formula is C28H31FN2O4. The Balaban J connectivity index is 1.90. The molecule has 1 aromatic heterocycles. The molecule has 0 saturated carbocycles. The molecule has 1 aliphatic carbocycles. The van der Waals surface area contributed by atoms with E-state index < -0.39 is 17.4 Å². The van der Waals surface area contributed by atoms with E-state index in [2.05, 4.69) is 4.98 Å². The summed E-state index contributed by atoms with van der Waals surface area (Å²) in [6.45, 7) is 9.17. The average molecular weight is 479 g/mol. The zero-order valence-electron chi connectivity index (χ0n) is 21.1. The predicted octanol–water partition coefficient (Wildman–Crippen LogP) is 5.72. The van der Waals surface area contributed by atoms with Crippen molar-refractivity contribution in [2.45, 2.75) is 53.9 Å². The number of halogens is 1. The van der Waals surface area contributed by atoms with E-state index in [9.17, 15) is 14.0 Å². The Morgan fingerprint density at radius 3 is 2.63 bits per heavy atom. The molecule has 1 aliphatic rings. The largest absolute Gasteiger partial charge is 0.462 e. The lowest BCUT2D eigenvalue weighted by atomic mass is 9.96. The second kappa shape index (κ2) is 9.29.